The number of fused-ring (bicyclic) bond motifs is 3. The first-order valence-corrected chi connectivity index (χ1v) is 19.9. The Bertz CT molecular complexity index is 2410. The lowest BCUT2D eigenvalue weighted by molar-refractivity contribution is 0.107. The number of ether oxygens (including phenoxy) is 2. The highest BCUT2D eigenvalue weighted by atomic mass is 79.9. The lowest BCUT2D eigenvalue weighted by atomic mass is 9.95. The van der Waals surface area contributed by atoms with Crippen LogP contribution in [0.2, 0.25) is 5.02 Å². The predicted octanol–water partition coefficient (Wildman–Crippen LogP) is 7.78. The summed E-state index contributed by atoms with van der Waals surface area (Å²) in [5, 5.41) is 10.5. The van der Waals surface area contributed by atoms with Crippen molar-refractivity contribution >= 4 is 76.7 Å². The van der Waals surface area contributed by atoms with E-state index in [0.29, 0.717) is 42.9 Å². The molecular formula is C37H36BrClF3N9O3S. The maximum Gasteiger partial charge on any atom is 0.332 e. The van der Waals surface area contributed by atoms with E-state index in [9.17, 15) is 14.4 Å². The standard InChI is InChI=1S/C37H36BrClF3N9O3S/c1-4-49(25-8-11-50(18(25)2)36(52)51-16-26(38)45-35(51)53-3)33-21-12-23(39)28(20-6-7-24(41)31-27(20)22(14-43)32(44)55-31)29(42)30(21)46-34(47-33)54-17-37-9-5-10-48(37)15-19(40)13-37/h6-7,12,16,18-19,25H,4-5,8-11,13,15,17,44H2,1-3H3/t18-,19-,25-,37+/m1/s1. The van der Waals surface area contributed by atoms with Crippen LogP contribution in [-0.4, -0.2) is 99.0 Å². The highest BCUT2D eigenvalue weighted by molar-refractivity contribution is 9.10. The molecular weight excluding hydrogens is 823 g/mol. The number of likely N-dealkylation sites (N-methyl/N-ethyl adjacent to an activating group) is 1. The number of nitriles is 1. The molecule has 0 spiro atoms. The Morgan fingerprint density at radius 2 is 2.07 bits per heavy atom. The number of nitrogens with two attached hydrogens (primary N) is 1. The van der Waals surface area contributed by atoms with Gasteiger partial charge in [0.25, 0.3) is 0 Å². The number of imidazole rings is 1. The highest BCUT2D eigenvalue weighted by Crippen LogP contribution is 2.46. The van der Waals surface area contributed by atoms with Crippen LogP contribution in [0.3, 0.4) is 0 Å². The Labute approximate surface area is 331 Å². The van der Waals surface area contributed by atoms with Crippen LogP contribution in [0.4, 0.5) is 28.8 Å². The van der Waals surface area contributed by atoms with Crippen molar-refractivity contribution in [2.75, 3.05) is 50.5 Å². The number of amides is 1. The summed E-state index contributed by atoms with van der Waals surface area (Å²) in [5.41, 5.74) is 5.59. The normalized spacial score (nSPS) is 22.5. The summed E-state index contributed by atoms with van der Waals surface area (Å²) in [6.07, 6.45) is 3.08. The number of hydrogen-bond acceptors (Lipinski definition) is 11. The van der Waals surface area contributed by atoms with Crippen molar-refractivity contribution in [1.82, 2.24) is 29.3 Å². The zero-order valence-corrected chi connectivity index (χ0v) is 33.2. The number of nitrogen functional groups attached to an aromatic ring is 1. The van der Waals surface area contributed by atoms with Crippen LogP contribution in [0.5, 0.6) is 12.0 Å². The van der Waals surface area contributed by atoms with E-state index in [0.717, 1.165) is 30.7 Å². The van der Waals surface area contributed by atoms with Gasteiger partial charge in [0.1, 0.15) is 45.6 Å². The molecule has 3 aliphatic heterocycles. The van der Waals surface area contributed by atoms with Gasteiger partial charge in [0.15, 0.2) is 5.82 Å². The smallest absolute Gasteiger partial charge is 0.332 e. The number of hydrogen-bond donors (Lipinski definition) is 1. The molecule has 3 fully saturated rings. The van der Waals surface area contributed by atoms with Gasteiger partial charge in [0, 0.05) is 42.4 Å². The second kappa shape index (κ2) is 14.3. The molecule has 0 bridgehead atoms. The summed E-state index contributed by atoms with van der Waals surface area (Å²) < 4.78 is 60.6. The van der Waals surface area contributed by atoms with Crippen molar-refractivity contribution < 1.29 is 27.4 Å². The fourth-order valence-electron chi connectivity index (χ4n) is 8.75. The van der Waals surface area contributed by atoms with Gasteiger partial charge < -0.3 is 25.0 Å². The third-order valence-corrected chi connectivity index (χ3v) is 13.0. The number of alkyl halides is 1. The monoisotopic (exact) mass is 857 g/mol. The maximum absolute atomic E-state index is 17.3. The Morgan fingerprint density at radius 1 is 1.27 bits per heavy atom. The number of methoxy groups -OCH3 is 1. The van der Waals surface area contributed by atoms with E-state index >= 15 is 8.78 Å². The molecule has 3 aliphatic rings. The first-order chi connectivity index (χ1) is 26.4. The zero-order valence-electron chi connectivity index (χ0n) is 30.1. The minimum absolute atomic E-state index is 0.0179. The lowest BCUT2D eigenvalue weighted by Gasteiger charge is -2.35. The van der Waals surface area contributed by atoms with Gasteiger partial charge >= 0.3 is 18.1 Å². The summed E-state index contributed by atoms with van der Waals surface area (Å²) in [7, 11) is 1.44. The van der Waals surface area contributed by atoms with Gasteiger partial charge in [-0.1, -0.05) is 17.7 Å². The fourth-order valence-corrected chi connectivity index (χ4v) is 10.4. The number of anilines is 2. The van der Waals surface area contributed by atoms with Crippen molar-refractivity contribution in [2.24, 2.45) is 0 Å². The van der Waals surface area contributed by atoms with Gasteiger partial charge in [0.2, 0.25) is 0 Å². The molecule has 0 unspecified atom stereocenters. The first kappa shape index (κ1) is 37.5. The van der Waals surface area contributed by atoms with E-state index in [1.807, 2.05) is 24.8 Å². The molecule has 2 aromatic carbocycles. The summed E-state index contributed by atoms with van der Waals surface area (Å²) in [4.78, 5) is 33.3. The van der Waals surface area contributed by atoms with Crippen LogP contribution < -0.4 is 20.1 Å². The maximum atomic E-state index is 17.3. The molecule has 0 aliphatic carbocycles. The summed E-state index contributed by atoms with van der Waals surface area (Å²) in [5.74, 6) is -1.09. The summed E-state index contributed by atoms with van der Waals surface area (Å²) >= 11 is 11.2. The summed E-state index contributed by atoms with van der Waals surface area (Å²) in [6, 6.07) is 5.23. The largest absolute Gasteiger partial charge is 0.468 e. The number of carbonyl (C=O) groups excluding carboxylic acids is 1. The van der Waals surface area contributed by atoms with E-state index in [-0.39, 0.29) is 84.4 Å². The van der Waals surface area contributed by atoms with Gasteiger partial charge in [-0.15, -0.1) is 11.3 Å². The number of thiophene rings is 1. The van der Waals surface area contributed by atoms with E-state index < -0.39 is 23.3 Å². The van der Waals surface area contributed by atoms with Crippen LogP contribution in [-0.2, 0) is 0 Å². The van der Waals surface area contributed by atoms with Gasteiger partial charge in [-0.3, -0.25) is 4.90 Å². The molecule has 6 heterocycles. The number of benzene rings is 2. The molecule has 12 nitrogen and oxygen atoms in total. The molecule has 288 valence electrons. The molecule has 3 aromatic heterocycles. The van der Waals surface area contributed by atoms with Crippen LogP contribution in [0.1, 0.15) is 45.1 Å². The molecule has 5 aromatic rings. The van der Waals surface area contributed by atoms with E-state index in [2.05, 4.69) is 30.8 Å². The lowest BCUT2D eigenvalue weighted by Crippen LogP contribution is -2.47. The van der Waals surface area contributed by atoms with Gasteiger partial charge in [0.05, 0.1) is 46.2 Å². The highest BCUT2D eigenvalue weighted by Gasteiger charge is 2.49. The third-order valence-electron chi connectivity index (χ3n) is 11.3. The quantitative estimate of drug-likeness (QED) is 0.165. The number of likely N-dealkylation sites (tertiary alicyclic amines) is 1. The molecule has 55 heavy (non-hydrogen) atoms. The molecule has 18 heteroatoms. The van der Waals surface area contributed by atoms with E-state index in [1.165, 1.54) is 23.8 Å². The van der Waals surface area contributed by atoms with Crippen LogP contribution in [0, 0.1) is 23.0 Å². The Balaban J connectivity index is 1.25. The molecule has 0 saturated carbocycles. The average molecular weight is 859 g/mol. The van der Waals surface area contributed by atoms with E-state index in [4.69, 9.17) is 31.8 Å². The minimum atomic E-state index is -0.982. The molecule has 8 rings (SSSR count). The Hall–Kier alpha value is -4.37. The van der Waals surface area contributed by atoms with Crippen molar-refractivity contribution in [3.63, 3.8) is 0 Å². The zero-order chi connectivity index (χ0) is 38.9. The first-order valence-electron chi connectivity index (χ1n) is 17.9. The second-order valence-corrected chi connectivity index (χ2v) is 16.4. The van der Waals surface area contributed by atoms with Crippen molar-refractivity contribution in [2.45, 2.75) is 63.3 Å². The predicted molar refractivity (Wildman–Crippen MR) is 208 cm³/mol. The number of carbonyl (C=O) groups is 1. The molecule has 3 saturated heterocycles. The Kier molecular flexibility index (Phi) is 9.76. The molecule has 0 radical (unpaired) electrons. The number of aromatic nitrogens is 4. The molecule has 1 amide bonds. The van der Waals surface area contributed by atoms with Crippen molar-refractivity contribution in [3.05, 3.63) is 51.2 Å². The SMILES string of the molecule is CCN(c1nc(OC[C@@]23CCCN2C[C@H](F)C3)nc2c(F)c(-c3ccc(F)c4sc(N)c(C#N)c34)c(Cl)cc12)[C@@H]1CCN(C(=O)n2cc(Br)nc2OC)[C@@H]1C. The van der Waals surface area contributed by atoms with Crippen LogP contribution in [0.25, 0.3) is 32.1 Å². The van der Waals surface area contributed by atoms with Crippen LogP contribution in [0.15, 0.2) is 29.0 Å². The van der Waals surface area contributed by atoms with Crippen molar-refractivity contribution in [3.8, 4) is 29.2 Å². The second-order valence-electron chi connectivity index (χ2n) is 14.2. The molecule has 2 N–H and O–H groups in total. The van der Waals surface area contributed by atoms with Gasteiger partial charge in [-0.05, 0) is 73.3 Å². The summed E-state index contributed by atoms with van der Waals surface area (Å²) in [6.45, 7) is 5.87. The number of halogens is 5. The van der Waals surface area contributed by atoms with Crippen LogP contribution >= 0.6 is 38.9 Å². The fraction of sp³-hybridized carbons (Fsp3) is 0.432. The van der Waals surface area contributed by atoms with Gasteiger partial charge in [-0.2, -0.15) is 20.2 Å². The Morgan fingerprint density at radius 3 is 2.82 bits per heavy atom. The average Bonchev–Trinajstić information content (AvgIpc) is 3.97. The minimum Gasteiger partial charge on any atom is -0.468 e. The number of nitrogens with zero attached hydrogens (tertiary/aromatic N) is 8. The molecule has 4 atom stereocenters. The topological polar surface area (TPSA) is 139 Å². The number of rotatable bonds is 8. The van der Waals surface area contributed by atoms with E-state index in [1.54, 1.807) is 17.2 Å². The van der Waals surface area contributed by atoms with Gasteiger partial charge in [-0.25, -0.2) is 22.5 Å². The van der Waals surface area contributed by atoms with Crippen molar-refractivity contribution in [1.29, 1.82) is 5.26 Å². The third kappa shape index (κ3) is 6.12.